The topological polar surface area (TPSA) is 301 Å². The lowest BCUT2D eigenvalue weighted by Crippen LogP contribution is -2.38. The van der Waals surface area contributed by atoms with Gasteiger partial charge in [0.05, 0.1) is 63.6 Å². The molecule has 0 spiro atoms. The molecule has 4 heterocycles. The number of thioether (sulfide) groups is 2. The van der Waals surface area contributed by atoms with Crippen LogP contribution in [-0.2, 0) is 38.2 Å². The maximum absolute atomic E-state index is 13.7. The number of hydrogen-bond donors (Lipinski definition) is 7. The van der Waals surface area contributed by atoms with Crippen LogP contribution in [0.2, 0.25) is 0 Å². The van der Waals surface area contributed by atoms with Gasteiger partial charge in [-0.1, -0.05) is 38.5 Å². The van der Waals surface area contributed by atoms with E-state index >= 15 is 0 Å². The lowest BCUT2D eigenvalue weighted by Gasteiger charge is -2.15. The SMILES string of the molecule is C#CCCC(=O)NCCOCCOCCNC(=O)Nc1cc(C(=O)CCCCC[C@H](CC(=O)CCCC[C@@H]2SC[C@@H]3NC(N)=N[C@@H]32)C(C)=O)cc(C(=O)CCCCC[C@H](CC(=O)CCCC[C@@H]2SC[C@@H]3NC(N)=N[C@@H]32)C(=O)OC)c1. The number of nitrogens with two attached hydrogens (primary N) is 2. The van der Waals surface area contributed by atoms with Crippen molar-refractivity contribution in [2.75, 3.05) is 63.4 Å². The number of rotatable bonds is 42. The highest BCUT2D eigenvalue weighted by atomic mass is 32.2. The first-order chi connectivity index (χ1) is 38.6. The van der Waals surface area contributed by atoms with Gasteiger partial charge in [-0.25, -0.2) is 14.8 Å². The van der Waals surface area contributed by atoms with Crippen LogP contribution in [-0.4, -0.2) is 152 Å². The molecule has 1 aromatic rings. The van der Waals surface area contributed by atoms with Crippen LogP contribution in [0.15, 0.2) is 28.2 Å². The molecular formula is C58H87N9O11S2. The van der Waals surface area contributed by atoms with Crippen molar-refractivity contribution in [3.05, 3.63) is 29.3 Å². The molecule has 20 nitrogen and oxygen atoms in total. The number of guanidine groups is 2. The minimum Gasteiger partial charge on any atom is -0.469 e. The number of unbranched alkanes of at least 4 members (excludes halogenated alkanes) is 6. The van der Waals surface area contributed by atoms with Gasteiger partial charge in [-0.2, -0.15) is 23.5 Å². The van der Waals surface area contributed by atoms with Crippen molar-refractivity contribution >= 4 is 88.0 Å². The van der Waals surface area contributed by atoms with Gasteiger partial charge >= 0.3 is 12.0 Å². The largest absolute Gasteiger partial charge is 0.469 e. The fraction of sp³-hybridized carbons (Fsp3) is 0.690. The summed E-state index contributed by atoms with van der Waals surface area (Å²) >= 11 is 3.79. The monoisotopic (exact) mass is 1150 g/mol. The Morgan fingerprint density at radius 1 is 0.662 bits per heavy atom. The summed E-state index contributed by atoms with van der Waals surface area (Å²) in [4.78, 5) is 112. The van der Waals surface area contributed by atoms with Gasteiger partial charge in [-0.3, -0.25) is 33.6 Å². The van der Waals surface area contributed by atoms with Crippen LogP contribution in [0.4, 0.5) is 10.5 Å². The molecule has 442 valence electrons. The fourth-order valence-corrected chi connectivity index (χ4v) is 13.6. The van der Waals surface area contributed by atoms with E-state index in [0.29, 0.717) is 119 Å². The molecule has 4 aliphatic heterocycles. The molecule has 0 aromatic heterocycles. The third-order valence-electron chi connectivity index (χ3n) is 15.0. The Hall–Kier alpha value is -5.50. The number of ketones is 5. The Bertz CT molecular complexity index is 2350. The molecule has 1 aromatic carbocycles. The number of amides is 3. The van der Waals surface area contributed by atoms with Gasteiger partial charge in [-0.15, -0.1) is 12.3 Å². The molecule has 2 saturated heterocycles. The number of nitrogens with zero attached hydrogens (tertiary/aromatic N) is 2. The van der Waals surface area contributed by atoms with Gasteiger partial charge < -0.3 is 52.3 Å². The number of methoxy groups -OCH3 is 1. The van der Waals surface area contributed by atoms with Crippen LogP contribution < -0.4 is 38.1 Å². The van der Waals surface area contributed by atoms with Gasteiger partial charge in [-0.05, 0) is 76.5 Å². The van der Waals surface area contributed by atoms with E-state index in [-0.39, 0.29) is 128 Å². The summed E-state index contributed by atoms with van der Waals surface area (Å²) in [5, 5.41) is 15.4. The van der Waals surface area contributed by atoms with Crippen molar-refractivity contribution < 1.29 is 52.6 Å². The minimum atomic E-state index is -0.567. The number of anilines is 1. The number of aliphatic imine (C=N–C) groups is 2. The maximum Gasteiger partial charge on any atom is 0.319 e. The van der Waals surface area contributed by atoms with Gasteiger partial charge in [0.2, 0.25) is 5.91 Å². The maximum atomic E-state index is 13.7. The highest BCUT2D eigenvalue weighted by Gasteiger charge is 2.41. The highest BCUT2D eigenvalue weighted by molar-refractivity contribution is 8.00. The first-order valence-corrected chi connectivity index (χ1v) is 30.9. The molecule has 8 atom stereocenters. The molecule has 0 aliphatic carbocycles. The normalized spacial score (nSPS) is 20.4. The number of benzene rings is 1. The predicted molar refractivity (Wildman–Crippen MR) is 314 cm³/mol. The minimum absolute atomic E-state index is 0.0148. The van der Waals surface area contributed by atoms with E-state index in [1.54, 1.807) is 18.2 Å². The van der Waals surface area contributed by atoms with Gasteiger partial charge in [0, 0.05) is 109 Å². The van der Waals surface area contributed by atoms with Crippen LogP contribution in [0.1, 0.15) is 169 Å². The van der Waals surface area contributed by atoms with Crippen molar-refractivity contribution in [1.82, 2.24) is 21.3 Å². The van der Waals surface area contributed by atoms with Gasteiger partial charge in [0.1, 0.15) is 17.3 Å². The lowest BCUT2D eigenvalue weighted by molar-refractivity contribution is -0.147. The van der Waals surface area contributed by atoms with Crippen molar-refractivity contribution in [1.29, 1.82) is 0 Å². The fourth-order valence-electron chi connectivity index (χ4n) is 10.5. The standard InChI is InChI=1S/C58H87N9O11S2/c1-4-5-24-52(73)61-25-27-77-29-30-78-28-26-62-58(75)63-43-32-41(48(71)20-10-6-8-16-39(38(2)68)34-44(69)18-12-14-22-50-53-46(36-79-50)64-56(59)66-53)31-42(33-43)49(72)21-11-7-9-17-40(55(74)76-3)35-45(70)19-13-15-23-51-54-47(37-80-51)65-57(60)67-54/h1,31-33,39-40,46-47,50-51,53-54H,5-30,34-37H2,2-3H3,(H,61,73)(H3,59,64,66)(H3,60,65,67)(H2,62,63,75)/t39-,40-,46+,47+,50+,51+,53+,54+/m1/s1. The van der Waals surface area contributed by atoms with E-state index in [4.69, 9.17) is 32.1 Å². The molecule has 5 rings (SSSR count). The summed E-state index contributed by atoms with van der Waals surface area (Å²) in [5.41, 5.74) is 12.6. The van der Waals surface area contributed by atoms with Crippen molar-refractivity contribution in [2.24, 2.45) is 33.3 Å². The molecule has 9 N–H and O–H groups in total. The number of hydrogen-bond acceptors (Lipinski definition) is 19. The summed E-state index contributed by atoms with van der Waals surface area (Å²) in [5.74, 6) is 3.57. The van der Waals surface area contributed by atoms with Crippen LogP contribution >= 0.6 is 23.5 Å². The third-order valence-corrected chi connectivity index (χ3v) is 18.0. The van der Waals surface area contributed by atoms with E-state index in [1.165, 1.54) is 14.0 Å². The van der Waals surface area contributed by atoms with E-state index < -0.39 is 17.9 Å². The Balaban J connectivity index is 1.05. The average Bonchev–Trinajstić information content (AvgIpc) is 4.21. The molecule has 0 bridgehead atoms. The molecule has 0 radical (unpaired) electrons. The van der Waals surface area contributed by atoms with Crippen LogP contribution in [0.5, 0.6) is 0 Å². The number of nitrogens with one attached hydrogen (secondary N) is 5. The van der Waals surface area contributed by atoms with E-state index in [0.717, 1.165) is 50.0 Å². The number of urea groups is 1. The average molecular weight is 1150 g/mol. The highest BCUT2D eigenvalue weighted by Crippen LogP contribution is 2.36. The van der Waals surface area contributed by atoms with Crippen LogP contribution in [0, 0.1) is 24.2 Å². The number of ether oxygens (including phenoxy) is 3. The number of carbonyl (C=O) groups excluding carboxylic acids is 8. The third kappa shape index (κ3) is 23.5. The van der Waals surface area contributed by atoms with E-state index in [9.17, 15) is 38.4 Å². The number of carbonyl (C=O) groups is 8. The molecule has 22 heteroatoms. The van der Waals surface area contributed by atoms with Gasteiger partial charge in [0.15, 0.2) is 23.5 Å². The van der Waals surface area contributed by atoms with Crippen LogP contribution in [0.25, 0.3) is 0 Å². The predicted octanol–water partition coefficient (Wildman–Crippen LogP) is 6.21. The molecule has 4 aliphatic rings. The number of terminal acetylenes is 1. The van der Waals surface area contributed by atoms with E-state index in [1.807, 2.05) is 23.5 Å². The molecule has 80 heavy (non-hydrogen) atoms. The summed E-state index contributed by atoms with van der Waals surface area (Å²) in [6, 6.07) is 5.06. The second-order valence-corrected chi connectivity index (χ2v) is 23.8. The number of esters is 1. The second-order valence-electron chi connectivity index (χ2n) is 21.3. The Labute approximate surface area is 480 Å². The summed E-state index contributed by atoms with van der Waals surface area (Å²) in [7, 11) is 1.32. The first kappa shape index (κ1) is 65.3. The number of fused-ring (bicyclic) bond motifs is 2. The second kappa shape index (κ2) is 36.1. The molecule has 2 fully saturated rings. The van der Waals surface area contributed by atoms with E-state index in [2.05, 4.69) is 42.5 Å². The molecule has 0 unspecified atom stereocenters. The Morgan fingerprint density at radius 3 is 1.68 bits per heavy atom. The lowest BCUT2D eigenvalue weighted by atomic mass is 9.90. The molecule has 0 saturated carbocycles. The van der Waals surface area contributed by atoms with Crippen molar-refractivity contribution in [3.8, 4) is 12.3 Å². The zero-order chi connectivity index (χ0) is 57.7. The summed E-state index contributed by atoms with van der Waals surface area (Å²) < 4.78 is 16.1. The molecule has 3 amide bonds. The van der Waals surface area contributed by atoms with Crippen molar-refractivity contribution in [3.63, 3.8) is 0 Å². The van der Waals surface area contributed by atoms with Crippen molar-refractivity contribution in [2.45, 2.75) is 183 Å². The quantitative estimate of drug-likeness (QED) is 0.0166. The van der Waals surface area contributed by atoms with Crippen LogP contribution in [0.3, 0.4) is 0 Å². The molecular weight excluding hydrogens is 1060 g/mol. The smallest absolute Gasteiger partial charge is 0.319 e. The number of Topliss-reactive ketones (excluding diaryl/α,β-unsaturated/α-hetero) is 5. The summed E-state index contributed by atoms with van der Waals surface area (Å²) in [6.07, 6.45) is 17.1. The first-order valence-electron chi connectivity index (χ1n) is 28.8. The zero-order valence-electron chi connectivity index (χ0n) is 47.0. The zero-order valence-corrected chi connectivity index (χ0v) is 48.6. The Kier molecular flexibility index (Phi) is 29.4. The van der Waals surface area contributed by atoms with Gasteiger partial charge in [0.25, 0.3) is 0 Å². The summed E-state index contributed by atoms with van der Waals surface area (Å²) in [6.45, 7) is 3.12. The Morgan fingerprint density at radius 2 is 1.16 bits per heavy atom.